The zero-order chi connectivity index (χ0) is 23.3. The van der Waals surface area contributed by atoms with Gasteiger partial charge in [-0.1, -0.05) is 29.8 Å². The van der Waals surface area contributed by atoms with Gasteiger partial charge >= 0.3 is 0 Å². The maximum absolute atomic E-state index is 12.6. The number of halogens is 1. The van der Waals surface area contributed by atoms with E-state index >= 15 is 0 Å². The zero-order valence-electron chi connectivity index (χ0n) is 16.8. The molecule has 0 fully saturated rings. The van der Waals surface area contributed by atoms with Crippen molar-refractivity contribution in [3.8, 4) is 0 Å². The molecule has 10 heteroatoms. The van der Waals surface area contributed by atoms with Gasteiger partial charge in [0.25, 0.3) is 15.7 Å². The van der Waals surface area contributed by atoms with Crippen LogP contribution in [0.5, 0.6) is 0 Å². The molecule has 32 heavy (non-hydrogen) atoms. The lowest BCUT2D eigenvalue weighted by Crippen LogP contribution is -2.14. The van der Waals surface area contributed by atoms with Gasteiger partial charge in [-0.05, 0) is 60.5 Å². The number of rotatable bonds is 7. The molecule has 1 amide bonds. The van der Waals surface area contributed by atoms with Crippen LogP contribution in [0.15, 0.2) is 77.7 Å². The van der Waals surface area contributed by atoms with E-state index in [0.717, 1.165) is 5.56 Å². The molecule has 0 aliphatic rings. The summed E-state index contributed by atoms with van der Waals surface area (Å²) in [6, 6.07) is 16.4. The van der Waals surface area contributed by atoms with Crippen LogP contribution >= 0.6 is 11.6 Å². The topological polar surface area (TPSA) is 118 Å². The molecule has 2 N–H and O–H groups in total. The van der Waals surface area contributed by atoms with E-state index in [-0.39, 0.29) is 10.6 Å². The highest BCUT2D eigenvalue weighted by molar-refractivity contribution is 7.92. The van der Waals surface area contributed by atoms with Gasteiger partial charge < -0.3 is 5.32 Å². The molecule has 0 aliphatic heterocycles. The average molecular weight is 472 g/mol. The first-order valence-electron chi connectivity index (χ1n) is 9.26. The second-order valence-corrected chi connectivity index (χ2v) is 8.88. The first-order valence-corrected chi connectivity index (χ1v) is 11.1. The van der Waals surface area contributed by atoms with Gasteiger partial charge in [0, 0.05) is 28.9 Å². The van der Waals surface area contributed by atoms with E-state index < -0.39 is 20.9 Å². The minimum Gasteiger partial charge on any atom is -0.323 e. The van der Waals surface area contributed by atoms with E-state index in [1.807, 2.05) is 0 Å². The van der Waals surface area contributed by atoms with E-state index in [0.29, 0.717) is 22.0 Å². The van der Waals surface area contributed by atoms with Gasteiger partial charge in [0.2, 0.25) is 5.91 Å². The van der Waals surface area contributed by atoms with E-state index in [1.54, 1.807) is 25.1 Å². The highest BCUT2D eigenvalue weighted by atomic mass is 35.5. The van der Waals surface area contributed by atoms with E-state index in [9.17, 15) is 23.3 Å². The summed E-state index contributed by atoms with van der Waals surface area (Å²) in [6.07, 6.45) is 2.67. The van der Waals surface area contributed by atoms with Crippen LogP contribution in [0.2, 0.25) is 5.02 Å². The SMILES string of the molecule is Cc1ccc(Cl)cc1NS(=O)(=O)c1ccc(NC(=O)/C=C/c2cccc([N+](=O)[O-])c2)cc1. The first-order chi connectivity index (χ1) is 15.1. The largest absolute Gasteiger partial charge is 0.323 e. The monoisotopic (exact) mass is 471 g/mol. The molecule has 3 aromatic rings. The summed E-state index contributed by atoms with van der Waals surface area (Å²) in [5, 5.41) is 13.8. The van der Waals surface area contributed by atoms with Crippen molar-refractivity contribution in [1.82, 2.24) is 0 Å². The lowest BCUT2D eigenvalue weighted by atomic mass is 10.2. The van der Waals surface area contributed by atoms with Crippen molar-refractivity contribution >= 4 is 50.7 Å². The molecule has 0 spiro atoms. The van der Waals surface area contributed by atoms with Gasteiger partial charge in [0.15, 0.2) is 0 Å². The summed E-state index contributed by atoms with van der Waals surface area (Å²) in [5.41, 5.74) is 1.90. The Labute approximate surface area is 189 Å². The number of nitrogens with zero attached hydrogens (tertiary/aromatic N) is 1. The number of carbonyl (C=O) groups excluding carboxylic acids is 1. The molecule has 0 bridgehead atoms. The first kappa shape index (κ1) is 23.0. The number of nitro groups is 1. The third kappa shape index (κ3) is 5.93. The number of nitro benzene ring substituents is 1. The average Bonchev–Trinajstić information content (AvgIpc) is 2.75. The minimum atomic E-state index is -3.85. The number of hydrogen-bond donors (Lipinski definition) is 2. The van der Waals surface area contributed by atoms with Crippen molar-refractivity contribution in [1.29, 1.82) is 0 Å². The second-order valence-electron chi connectivity index (χ2n) is 6.76. The van der Waals surface area contributed by atoms with E-state index in [1.165, 1.54) is 60.7 Å². The van der Waals surface area contributed by atoms with Crippen molar-refractivity contribution in [2.75, 3.05) is 10.0 Å². The molecule has 0 aromatic heterocycles. The van der Waals surface area contributed by atoms with E-state index in [4.69, 9.17) is 11.6 Å². The minimum absolute atomic E-state index is 0.0158. The Bertz CT molecular complexity index is 1310. The van der Waals surface area contributed by atoms with Gasteiger partial charge in [-0.15, -0.1) is 0 Å². The number of aryl methyl sites for hydroxylation is 1. The molecule has 0 aliphatic carbocycles. The Morgan fingerprint density at radius 1 is 1.06 bits per heavy atom. The standard InChI is InChI=1S/C22H18ClN3O5S/c1-15-5-7-17(23)14-21(15)25-32(30,31)20-10-8-18(9-11-20)24-22(27)12-6-16-3-2-4-19(13-16)26(28)29/h2-14,25H,1H3,(H,24,27)/b12-6+. The van der Waals surface area contributed by atoms with Crippen LogP contribution < -0.4 is 10.0 Å². The predicted molar refractivity (Wildman–Crippen MR) is 124 cm³/mol. The summed E-state index contributed by atoms with van der Waals surface area (Å²) < 4.78 is 27.8. The zero-order valence-corrected chi connectivity index (χ0v) is 18.4. The molecule has 0 atom stereocenters. The molecular formula is C22H18ClN3O5S. The van der Waals surface area contributed by atoms with Crippen LogP contribution in [-0.2, 0) is 14.8 Å². The number of non-ortho nitro benzene ring substituents is 1. The fourth-order valence-electron chi connectivity index (χ4n) is 2.72. The molecule has 0 saturated heterocycles. The number of hydrogen-bond acceptors (Lipinski definition) is 5. The van der Waals surface area contributed by atoms with Crippen LogP contribution in [0.4, 0.5) is 17.1 Å². The Balaban J connectivity index is 1.67. The number of carbonyl (C=O) groups is 1. The van der Waals surface area contributed by atoms with Crippen LogP contribution in [0, 0.1) is 17.0 Å². The third-order valence-electron chi connectivity index (χ3n) is 4.38. The molecular weight excluding hydrogens is 454 g/mol. The van der Waals surface area contributed by atoms with Gasteiger partial charge in [-0.25, -0.2) is 8.42 Å². The lowest BCUT2D eigenvalue weighted by Gasteiger charge is -2.11. The fourth-order valence-corrected chi connectivity index (χ4v) is 4.02. The van der Waals surface area contributed by atoms with Crippen molar-refractivity contribution in [3.05, 3.63) is 99.1 Å². The molecule has 0 heterocycles. The molecule has 3 aromatic carbocycles. The van der Waals surface area contributed by atoms with Gasteiger partial charge in [-0.2, -0.15) is 0 Å². The Morgan fingerprint density at radius 3 is 2.47 bits per heavy atom. The van der Waals surface area contributed by atoms with Crippen molar-refractivity contribution in [2.45, 2.75) is 11.8 Å². The summed E-state index contributed by atoms with van der Waals surface area (Å²) in [5.74, 6) is -0.472. The molecule has 8 nitrogen and oxygen atoms in total. The number of benzene rings is 3. The molecule has 0 radical (unpaired) electrons. The predicted octanol–water partition coefficient (Wildman–Crippen LogP) is 5.01. The van der Waals surface area contributed by atoms with Crippen molar-refractivity contribution in [2.24, 2.45) is 0 Å². The summed E-state index contributed by atoms with van der Waals surface area (Å²) in [6.45, 7) is 1.76. The molecule has 164 valence electrons. The molecule has 0 unspecified atom stereocenters. The normalized spacial score (nSPS) is 11.3. The Morgan fingerprint density at radius 2 is 1.78 bits per heavy atom. The Kier molecular flexibility index (Phi) is 6.92. The van der Waals surface area contributed by atoms with Gasteiger partial charge in [0.05, 0.1) is 15.5 Å². The van der Waals surface area contributed by atoms with E-state index in [2.05, 4.69) is 10.0 Å². The number of anilines is 2. The van der Waals surface area contributed by atoms with Crippen molar-refractivity contribution < 1.29 is 18.1 Å². The van der Waals surface area contributed by atoms with Crippen LogP contribution in [0.1, 0.15) is 11.1 Å². The smallest absolute Gasteiger partial charge is 0.270 e. The molecule has 3 rings (SSSR count). The number of sulfonamides is 1. The fraction of sp³-hybridized carbons (Fsp3) is 0.0455. The van der Waals surface area contributed by atoms with Crippen LogP contribution in [0.25, 0.3) is 6.08 Å². The third-order valence-corrected chi connectivity index (χ3v) is 6.00. The highest BCUT2D eigenvalue weighted by Crippen LogP contribution is 2.24. The van der Waals surface area contributed by atoms with Crippen molar-refractivity contribution in [3.63, 3.8) is 0 Å². The maximum atomic E-state index is 12.6. The summed E-state index contributed by atoms with van der Waals surface area (Å²) in [7, 11) is -3.85. The summed E-state index contributed by atoms with van der Waals surface area (Å²) >= 11 is 5.94. The number of amides is 1. The summed E-state index contributed by atoms with van der Waals surface area (Å²) in [4.78, 5) is 22.4. The van der Waals surface area contributed by atoms with Crippen LogP contribution in [0.3, 0.4) is 0 Å². The van der Waals surface area contributed by atoms with Gasteiger partial charge in [-0.3, -0.25) is 19.6 Å². The Hall–Kier alpha value is -3.69. The quantitative estimate of drug-likeness (QED) is 0.285. The van der Waals surface area contributed by atoms with Gasteiger partial charge in [0.1, 0.15) is 0 Å². The molecule has 0 saturated carbocycles. The highest BCUT2D eigenvalue weighted by Gasteiger charge is 2.15. The van der Waals surface area contributed by atoms with Crippen LogP contribution in [-0.4, -0.2) is 19.2 Å². The second kappa shape index (κ2) is 9.63. The number of nitrogens with one attached hydrogen (secondary N) is 2. The lowest BCUT2D eigenvalue weighted by molar-refractivity contribution is -0.384. The maximum Gasteiger partial charge on any atom is 0.270 e.